The Labute approximate surface area is 145 Å². The lowest BCUT2D eigenvalue weighted by Crippen LogP contribution is -2.11. The van der Waals surface area contributed by atoms with Crippen molar-refractivity contribution < 1.29 is 13.9 Å². The molecular weight excluding hydrogens is 319 g/mol. The lowest BCUT2D eigenvalue weighted by Gasteiger charge is -2.10. The normalized spacial score (nSPS) is 10.2. The van der Waals surface area contributed by atoms with Crippen molar-refractivity contribution in [2.75, 3.05) is 17.7 Å². The highest BCUT2D eigenvalue weighted by molar-refractivity contribution is 6.04. The molecule has 0 saturated heterocycles. The maximum absolute atomic E-state index is 13.2. The first-order chi connectivity index (χ1) is 12.1. The third kappa shape index (κ3) is 4.35. The van der Waals surface area contributed by atoms with Gasteiger partial charge in [0.1, 0.15) is 11.6 Å². The molecule has 5 heteroatoms. The molecule has 0 heterocycles. The fourth-order valence-electron chi connectivity index (χ4n) is 2.34. The van der Waals surface area contributed by atoms with Gasteiger partial charge in [-0.1, -0.05) is 12.1 Å². The summed E-state index contributed by atoms with van der Waals surface area (Å²) < 4.78 is 18.4. The molecule has 0 saturated carbocycles. The van der Waals surface area contributed by atoms with Crippen molar-refractivity contribution in [3.8, 4) is 5.75 Å². The predicted molar refractivity (Wildman–Crippen MR) is 97.1 cm³/mol. The van der Waals surface area contributed by atoms with Gasteiger partial charge in [-0.15, -0.1) is 0 Å². The van der Waals surface area contributed by atoms with Gasteiger partial charge >= 0.3 is 0 Å². The van der Waals surface area contributed by atoms with Crippen LogP contribution in [0.5, 0.6) is 5.75 Å². The summed E-state index contributed by atoms with van der Waals surface area (Å²) in [6, 6.07) is 20.4. The van der Waals surface area contributed by atoms with Gasteiger partial charge in [0.2, 0.25) is 0 Å². The number of carbonyl (C=O) groups is 1. The maximum Gasteiger partial charge on any atom is 0.255 e. The van der Waals surface area contributed by atoms with Crippen molar-refractivity contribution in [2.24, 2.45) is 0 Å². The fraction of sp³-hybridized carbons (Fsp3) is 0.0500. The maximum atomic E-state index is 13.2. The Balaban J connectivity index is 1.66. The quantitative estimate of drug-likeness (QED) is 0.701. The van der Waals surface area contributed by atoms with E-state index in [9.17, 15) is 9.18 Å². The molecule has 1 amide bonds. The number of rotatable bonds is 5. The second-order valence-corrected chi connectivity index (χ2v) is 5.40. The standard InChI is InChI=1S/C20H17FN2O2/c1-25-19-7-3-6-18(13-19)22-16-8-10-17(11-9-16)23-20(24)14-4-2-5-15(21)12-14/h2-13,22H,1H3,(H,23,24). The second kappa shape index (κ2) is 7.49. The zero-order chi connectivity index (χ0) is 17.6. The van der Waals surface area contributed by atoms with Crippen molar-refractivity contribution in [3.05, 3.63) is 84.2 Å². The SMILES string of the molecule is COc1cccc(Nc2ccc(NC(=O)c3cccc(F)c3)cc2)c1. The van der Waals surface area contributed by atoms with E-state index in [-0.39, 0.29) is 11.5 Å². The number of nitrogens with one attached hydrogen (secondary N) is 2. The molecule has 4 nitrogen and oxygen atoms in total. The molecule has 0 aromatic heterocycles. The van der Waals surface area contributed by atoms with E-state index in [1.54, 1.807) is 25.3 Å². The molecular formula is C20H17FN2O2. The number of carbonyl (C=O) groups excluding carboxylic acids is 1. The summed E-state index contributed by atoms with van der Waals surface area (Å²) in [5, 5.41) is 6.00. The third-order valence-corrected chi connectivity index (χ3v) is 3.59. The third-order valence-electron chi connectivity index (χ3n) is 3.59. The van der Waals surface area contributed by atoms with E-state index in [0.717, 1.165) is 17.1 Å². The average molecular weight is 336 g/mol. The second-order valence-electron chi connectivity index (χ2n) is 5.40. The molecule has 0 radical (unpaired) electrons. The van der Waals surface area contributed by atoms with Crippen LogP contribution >= 0.6 is 0 Å². The molecule has 0 fully saturated rings. The predicted octanol–water partition coefficient (Wildman–Crippen LogP) is 4.83. The number of hydrogen-bond donors (Lipinski definition) is 2. The van der Waals surface area contributed by atoms with Gasteiger partial charge in [0.25, 0.3) is 5.91 Å². The van der Waals surface area contributed by atoms with Gasteiger partial charge < -0.3 is 15.4 Å². The summed E-state index contributed by atoms with van der Waals surface area (Å²) in [6.07, 6.45) is 0. The zero-order valence-electron chi connectivity index (χ0n) is 13.6. The summed E-state index contributed by atoms with van der Waals surface area (Å²) >= 11 is 0. The molecule has 0 bridgehead atoms. The van der Waals surface area contributed by atoms with Gasteiger partial charge in [-0.3, -0.25) is 4.79 Å². The van der Waals surface area contributed by atoms with E-state index in [4.69, 9.17) is 4.74 Å². The summed E-state index contributed by atoms with van der Waals surface area (Å²) in [4.78, 5) is 12.1. The smallest absolute Gasteiger partial charge is 0.255 e. The Morgan fingerprint density at radius 3 is 2.32 bits per heavy atom. The Bertz CT molecular complexity index is 879. The number of halogens is 1. The van der Waals surface area contributed by atoms with Crippen LogP contribution in [0.1, 0.15) is 10.4 Å². The number of benzene rings is 3. The molecule has 126 valence electrons. The topological polar surface area (TPSA) is 50.4 Å². The van der Waals surface area contributed by atoms with Crippen LogP contribution in [0.4, 0.5) is 21.5 Å². The highest BCUT2D eigenvalue weighted by Crippen LogP contribution is 2.22. The van der Waals surface area contributed by atoms with E-state index in [1.807, 2.05) is 36.4 Å². The molecule has 3 aromatic rings. The molecule has 0 aliphatic heterocycles. The Morgan fingerprint density at radius 2 is 1.60 bits per heavy atom. The van der Waals surface area contributed by atoms with Crippen LogP contribution in [0.15, 0.2) is 72.8 Å². The van der Waals surface area contributed by atoms with E-state index in [1.165, 1.54) is 18.2 Å². The van der Waals surface area contributed by atoms with Crippen LogP contribution in [-0.4, -0.2) is 13.0 Å². The monoisotopic (exact) mass is 336 g/mol. The first kappa shape index (κ1) is 16.5. The largest absolute Gasteiger partial charge is 0.497 e. The van der Waals surface area contributed by atoms with Gasteiger partial charge in [-0.05, 0) is 54.6 Å². The van der Waals surface area contributed by atoms with Gasteiger partial charge in [0, 0.05) is 28.7 Å². The molecule has 0 atom stereocenters. The lowest BCUT2D eigenvalue weighted by molar-refractivity contribution is 0.102. The van der Waals surface area contributed by atoms with Crippen LogP contribution < -0.4 is 15.4 Å². The van der Waals surface area contributed by atoms with Crippen molar-refractivity contribution in [1.82, 2.24) is 0 Å². The van der Waals surface area contributed by atoms with Gasteiger partial charge in [-0.2, -0.15) is 0 Å². The molecule has 0 aliphatic carbocycles. The molecule has 2 N–H and O–H groups in total. The Morgan fingerprint density at radius 1 is 0.880 bits per heavy atom. The fourth-order valence-corrected chi connectivity index (χ4v) is 2.34. The molecule has 0 unspecified atom stereocenters. The molecule has 3 aromatic carbocycles. The van der Waals surface area contributed by atoms with E-state index < -0.39 is 5.82 Å². The summed E-state index contributed by atoms with van der Waals surface area (Å²) in [6.45, 7) is 0. The van der Waals surface area contributed by atoms with Gasteiger partial charge in [-0.25, -0.2) is 4.39 Å². The van der Waals surface area contributed by atoms with Crippen LogP contribution in [0, 0.1) is 5.82 Å². The van der Waals surface area contributed by atoms with Crippen molar-refractivity contribution in [3.63, 3.8) is 0 Å². The minimum atomic E-state index is -0.439. The number of ether oxygens (including phenoxy) is 1. The van der Waals surface area contributed by atoms with E-state index in [2.05, 4.69) is 10.6 Å². The first-order valence-electron chi connectivity index (χ1n) is 7.72. The Hall–Kier alpha value is -3.34. The molecule has 3 rings (SSSR count). The number of hydrogen-bond acceptors (Lipinski definition) is 3. The highest BCUT2D eigenvalue weighted by Gasteiger charge is 2.07. The van der Waals surface area contributed by atoms with Gasteiger partial charge in [0.05, 0.1) is 7.11 Å². The highest BCUT2D eigenvalue weighted by atomic mass is 19.1. The number of anilines is 3. The minimum Gasteiger partial charge on any atom is -0.497 e. The first-order valence-corrected chi connectivity index (χ1v) is 7.72. The van der Waals surface area contributed by atoms with Crippen LogP contribution in [-0.2, 0) is 0 Å². The van der Waals surface area contributed by atoms with Crippen LogP contribution in [0.2, 0.25) is 0 Å². The van der Waals surface area contributed by atoms with Crippen molar-refractivity contribution in [1.29, 1.82) is 0 Å². The molecule has 0 spiro atoms. The van der Waals surface area contributed by atoms with Crippen molar-refractivity contribution in [2.45, 2.75) is 0 Å². The molecule has 25 heavy (non-hydrogen) atoms. The Kier molecular flexibility index (Phi) is 4.95. The minimum absolute atomic E-state index is 0.276. The average Bonchev–Trinajstić information content (AvgIpc) is 2.63. The number of amides is 1. The lowest BCUT2D eigenvalue weighted by atomic mass is 10.2. The number of methoxy groups -OCH3 is 1. The van der Waals surface area contributed by atoms with E-state index in [0.29, 0.717) is 5.69 Å². The summed E-state index contributed by atoms with van der Waals surface area (Å²) in [5.74, 6) is -0.0255. The van der Waals surface area contributed by atoms with Crippen LogP contribution in [0.25, 0.3) is 0 Å². The summed E-state index contributed by atoms with van der Waals surface area (Å²) in [7, 11) is 1.62. The molecule has 0 aliphatic rings. The van der Waals surface area contributed by atoms with Crippen LogP contribution in [0.3, 0.4) is 0 Å². The van der Waals surface area contributed by atoms with Crippen molar-refractivity contribution >= 4 is 23.0 Å². The zero-order valence-corrected chi connectivity index (χ0v) is 13.6. The summed E-state index contributed by atoms with van der Waals surface area (Å²) in [5.41, 5.74) is 2.68. The van der Waals surface area contributed by atoms with E-state index >= 15 is 0 Å². The van der Waals surface area contributed by atoms with Gasteiger partial charge in [0.15, 0.2) is 0 Å².